The van der Waals surface area contributed by atoms with Crippen LogP contribution in [0.3, 0.4) is 0 Å². The molecule has 0 aliphatic carbocycles. The van der Waals surface area contributed by atoms with E-state index in [0.29, 0.717) is 6.61 Å². The van der Waals surface area contributed by atoms with Crippen molar-refractivity contribution in [3.63, 3.8) is 0 Å². The third-order valence-electron chi connectivity index (χ3n) is 3.63. The largest absolute Gasteiger partial charge is 0.391 e. The molecule has 0 radical (unpaired) electrons. The van der Waals surface area contributed by atoms with Crippen molar-refractivity contribution < 1.29 is 4.84 Å². The van der Waals surface area contributed by atoms with Gasteiger partial charge in [0.2, 0.25) is 0 Å². The van der Waals surface area contributed by atoms with Crippen molar-refractivity contribution in [1.82, 2.24) is 4.98 Å². The molecule has 4 heteroatoms. The zero-order valence-corrected chi connectivity index (χ0v) is 15.2. The number of aryl methyl sites for hydroxylation is 2. The van der Waals surface area contributed by atoms with Gasteiger partial charge in [0, 0.05) is 16.7 Å². The smallest absolute Gasteiger partial charge is 0.142 e. The highest BCUT2D eigenvalue weighted by molar-refractivity contribution is 7.99. The Balaban J connectivity index is 1.51. The van der Waals surface area contributed by atoms with Crippen molar-refractivity contribution in [3.05, 3.63) is 89.1 Å². The first kappa shape index (κ1) is 17.2. The summed E-state index contributed by atoms with van der Waals surface area (Å²) in [5, 5.41) is 4.97. The second kappa shape index (κ2) is 8.49. The first-order valence-electron chi connectivity index (χ1n) is 8.10. The van der Waals surface area contributed by atoms with Gasteiger partial charge in [-0.05, 0) is 43.7 Å². The number of hydrogen-bond donors (Lipinski definition) is 0. The Hall–Kier alpha value is -2.59. The minimum Gasteiger partial charge on any atom is -0.391 e. The Morgan fingerprint density at radius 3 is 2.24 bits per heavy atom. The molecule has 0 aliphatic rings. The summed E-state index contributed by atoms with van der Waals surface area (Å²) >= 11 is 1.64. The minimum absolute atomic E-state index is 0.464. The molecule has 0 bridgehead atoms. The van der Waals surface area contributed by atoms with Crippen molar-refractivity contribution in [3.8, 4) is 0 Å². The molecule has 0 N–H and O–H groups in total. The summed E-state index contributed by atoms with van der Waals surface area (Å²) in [6.45, 7) is 4.61. The van der Waals surface area contributed by atoms with Gasteiger partial charge < -0.3 is 4.84 Å². The summed E-state index contributed by atoms with van der Waals surface area (Å²) in [5.41, 5.74) is 4.51. The molecular formula is C21H20N2OS. The number of nitrogens with zero attached hydrogens (tertiary/aromatic N) is 2. The van der Waals surface area contributed by atoms with E-state index in [1.165, 1.54) is 16.0 Å². The van der Waals surface area contributed by atoms with Crippen LogP contribution < -0.4 is 0 Å². The highest BCUT2D eigenvalue weighted by Crippen LogP contribution is 2.25. The van der Waals surface area contributed by atoms with Crippen molar-refractivity contribution in [2.45, 2.75) is 30.4 Å². The Labute approximate surface area is 152 Å². The Kier molecular flexibility index (Phi) is 5.86. The zero-order chi connectivity index (χ0) is 17.5. The number of oxime groups is 1. The van der Waals surface area contributed by atoms with Crippen LogP contribution in [0.2, 0.25) is 0 Å². The number of hydrogen-bond acceptors (Lipinski definition) is 4. The summed E-state index contributed by atoms with van der Waals surface area (Å²) in [6, 6.07) is 20.6. The number of aromatic nitrogens is 1. The summed E-state index contributed by atoms with van der Waals surface area (Å²) in [4.78, 5) is 11.0. The van der Waals surface area contributed by atoms with Crippen molar-refractivity contribution in [2.24, 2.45) is 5.16 Å². The van der Waals surface area contributed by atoms with E-state index in [-0.39, 0.29) is 0 Å². The molecule has 3 rings (SSSR count). The van der Waals surface area contributed by atoms with Crippen LogP contribution in [-0.4, -0.2) is 11.2 Å². The Morgan fingerprint density at radius 2 is 1.60 bits per heavy atom. The van der Waals surface area contributed by atoms with E-state index in [0.717, 1.165) is 16.2 Å². The molecule has 1 heterocycles. The van der Waals surface area contributed by atoms with E-state index in [1.807, 2.05) is 24.3 Å². The monoisotopic (exact) mass is 348 g/mol. The average molecular weight is 348 g/mol. The molecule has 25 heavy (non-hydrogen) atoms. The molecule has 0 fully saturated rings. The van der Waals surface area contributed by atoms with Gasteiger partial charge in [0.1, 0.15) is 11.6 Å². The molecule has 0 atom stereocenters. The maximum atomic E-state index is 5.34. The highest BCUT2D eigenvalue weighted by atomic mass is 32.2. The normalized spacial score (nSPS) is 11.0. The Morgan fingerprint density at radius 1 is 0.920 bits per heavy atom. The van der Waals surface area contributed by atoms with E-state index < -0.39 is 0 Å². The second-order valence-corrected chi connectivity index (χ2v) is 6.93. The standard InChI is InChI=1S/C21H20N2OS/c1-16-3-7-18(8-4-16)15-24-23-14-19-9-12-21(22-13-19)25-20-10-5-17(2)6-11-20/h3-14H,15H2,1-2H3. The van der Waals surface area contributed by atoms with Crippen molar-refractivity contribution >= 4 is 18.0 Å². The van der Waals surface area contributed by atoms with Gasteiger partial charge in [-0.1, -0.05) is 64.4 Å². The molecule has 3 aromatic rings. The summed E-state index contributed by atoms with van der Waals surface area (Å²) < 4.78 is 0. The van der Waals surface area contributed by atoms with Crippen molar-refractivity contribution in [1.29, 1.82) is 0 Å². The first-order valence-corrected chi connectivity index (χ1v) is 8.92. The lowest BCUT2D eigenvalue weighted by Crippen LogP contribution is -1.89. The van der Waals surface area contributed by atoms with Gasteiger partial charge in [-0.3, -0.25) is 0 Å². The lowest BCUT2D eigenvalue weighted by molar-refractivity contribution is 0.132. The quantitative estimate of drug-likeness (QED) is 0.442. The van der Waals surface area contributed by atoms with Crippen molar-refractivity contribution in [2.75, 3.05) is 0 Å². The van der Waals surface area contributed by atoms with Crippen LogP contribution in [0.15, 0.2) is 81.9 Å². The predicted octanol–water partition coefficient (Wildman–Crippen LogP) is 5.40. The van der Waals surface area contributed by atoms with Gasteiger partial charge in [-0.25, -0.2) is 4.98 Å². The van der Waals surface area contributed by atoms with Gasteiger partial charge in [-0.2, -0.15) is 0 Å². The molecule has 0 spiro atoms. The maximum Gasteiger partial charge on any atom is 0.142 e. The molecule has 0 saturated heterocycles. The fraction of sp³-hybridized carbons (Fsp3) is 0.143. The first-order chi connectivity index (χ1) is 12.2. The van der Waals surface area contributed by atoms with E-state index >= 15 is 0 Å². The van der Waals surface area contributed by atoms with Crippen LogP contribution in [0.4, 0.5) is 0 Å². The number of rotatable bonds is 6. The van der Waals surface area contributed by atoms with Gasteiger partial charge in [0.15, 0.2) is 0 Å². The lowest BCUT2D eigenvalue weighted by Gasteiger charge is -2.02. The maximum absolute atomic E-state index is 5.34. The molecule has 0 amide bonds. The summed E-state index contributed by atoms with van der Waals surface area (Å²) in [5.74, 6) is 0. The molecule has 0 saturated carbocycles. The molecule has 2 aromatic carbocycles. The van der Waals surface area contributed by atoms with Crippen LogP contribution in [0.25, 0.3) is 0 Å². The summed E-state index contributed by atoms with van der Waals surface area (Å²) in [7, 11) is 0. The van der Waals surface area contributed by atoms with E-state index in [4.69, 9.17) is 4.84 Å². The lowest BCUT2D eigenvalue weighted by atomic mass is 10.2. The fourth-order valence-electron chi connectivity index (χ4n) is 2.15. The van der Waals surface area contributed by atoms with Gasteiger partial charge in [-0.15, -0.1) is 0 Å². The van der Waals surface area contributed by atoms with E-state index in [1.54, 1.807) is 24.2 Å². The molecule has 126 valence electrons. The second-order valence-electron chi connectivity index (χ2n) is 5.84. The fourth-order valence-corrected chi connectivity index (χ4v) is 2.90. The number of pyridine rings is 1. The zero-order valence-electron chi connectivity index (χ0n) is 14.3. The molecule has 0 aliphatic heterocycles. The van der Waals surface area contributed by atoms with Gasteiger partial charge in [0.05, 0.1) is 6.21 Å². The van der Waals surface area contributed by atoms with E-state index in [2.05, 4.69) is 60.4 Å². The average Bonchev–Trinajstić information content (AvgIpc) is 2.63. The summed E-state index contributed by atoms with van der Waals surface area (Å²) in [6.07, 6.45) is 3.48. The van der Waals surface area contributed by atoms with E-state index in [9.17, 15) is 0 Å². The number of benzene rings is 2. The topological polar surface area (TPSA) is 34.5 Å². The third-order valence-corrected chi connectivity index (χ3v) is 4.59. The Bertz CT molecular complexity index is 825. The highest BCUT2D eigenvalue weighted by Gasteiger charge is 1.99. The van der Waals surface area contributed by atoms with Gasteiger partial charge >= 0.3 is 0 Å². The predicted molar refractivity (Wildman–Crippen MR) is 103 cm³/mol. The molecular weight excluding hydrogens is 328 g/mol. The molecule has 0 unspecified atom stereocenters. The van der Waals surface area contributed by atoms with Crippen LogP contribution in [-0.2, 0) is 11.4 Å². The minimum atomic E-state index is 0.464. The SMILES string of the molecule is Cc1ccc(CON=Cc2ccc(Sc3ccc(C)cc3)nc2)cc1. The van der Waals surface area contributed by atoms with Crippen LogP contribution in [0, 0.1) is 13.8 Å². The molecule has 1 aromatic heterocycles. The van der Waals surface area contributed by atoms with Crippen LogP contribution >= 0.6 is 11.8 Å². The van der Waals surface area contributed by atoms with Gasteiger partial charge in [0.25, 0.3) is 0 Å². The molecule has 3 nitrogen and oxygen atoms in total. The third kappa shape index (κ3) is 5.47. The van der Waals surface area contributed by atoms with Crippen LogP contribution in [0.1, 0.15) is 22.3 Å². The van der Waals surface area contributed by atoms with Crippen LogP contribution in [0.5, 0.6) is 0 Å².